The van der Waals surface area contributed by atoms with E-state index in [4.69, 9.17) is 5.10 Å². The summed E-state index contributed by atoms with van der Waals surface area (Å²) in [6.07, 6.45) is 3.98. The van der Waals surface area contributed by atoms with Gasteiger partial charge in [0.05, 0.1) is 6.10 Å². The maximum atomic E-state index is 13.0. The smallest absolute Gasteiger partial charge is 0.274 e. The zero-order valence-corrected chi connectivity index (χ0v) is 15.7. The Morgan fingerprint density at radius 1 is 1.22 bits per heavy atom. The molecule has 1 saturated heterocycles. The number of hydrogen-bond acceptors (Lipinski definition) is 4. The zero-order chi connectivity index (χ0) is 18.6. The van der Waals surface area contributed by atoms with E-state index in [0.717, 1.165) is 37.9 Å². The Morgan fingerprint density at radius 3 is 2.78 bits per heavy atom. The number of hydrogen-bond donors (Lipinski definition) is 2. The number of amides is 1. The number of nitrogens with zero attached hydrogens (tertiary/aromatic N) is 3. The lowest BCUT2D eigenvalue weighted by Crippen LogP contribution is -2.40. The molecule has 0 aliphatic carbocycles. The first-order valence-electron chi connectivity index (χ1n) is 10.0. The molecule has 0 unspecified atom stereocenters. The van der Waals surface area contributed by atoms with E-state index >= 15 is 0 Å². The van der Waals surface area contributed by atoms with Gasteiger partial charge in [0.1, 0.15) is 0 Å². The Bertz CT molecular complexity index is 779. The Labute approximate surface area is 160 Å². The number of aromatic nitrogens is 2. The van der Waals surface area contributed by atoms with Crippen molar-refractivity contribution in [1.82, 2.24) is 20.0 Å². The predicted octanol–water partition coefficient (Wildman–Crippen LogP) is 1.76. The minimum atomic E-state index is -0.278. The summed E-state index contributed by atoms with van der Waals surface area (Å²) in [5.74, 6) is 0.0173. The van der Waals surface area contributed by atoms with Gasteiger partial charge < -0.3 is 15.3 Å². The first-order valence-corrected chi connectivity index (χ1v) is 10.0. The van der Waals surface area contributed by atoms with E-state index in [1.165, 1.54) is 11.3 Å². The maximum Gasteiger partial charge on any atom is 0.274 e. The molecule has 2 aliphatic rings. The zero-order valence-electron chi connectivity index (χ0n) is 15.7. The van der Waals surface area contributed by atoms with Crippen LogP contribution in [0.4, 0.5) is 0 Å². The van der Waals surface area contributed by atoms with Gasteiger partial charge in [-0.05, 0) is 31.2 Å². The summed E-state index contributed by atoms with van der Waals surface area (Å²) in [6, 6.07) is 10.5. The van der Waals surface area contributed by atoms with Crippen LogP contribution in [0.5, 0.6) is 0 Å². The van der Waals surface area contributed by atoms with Crippen LogP contribution in [0.2, 0.25) is 0 Å². The predicted molar refractivity (Wildman–Crippen MR) is 104 cm³/mol. The number of benzene rings is 1. The second-order valence-corrected chi connectivity index (χ2v) is 7.54. The van der Waals surface area contributed by atoms with E-state index in [0.29, 0.717) is 38.2 Å². The van der Waals surface area contributed by atoms with Crippen LogP contribution in [0.15, 0.2) is 30.3 Å². The number of carbonyl (C=O) groups excluding carboxylic acids is 1. The number of aryl methyl sites for hydroxylation is 2. The molecule has 1 aromatic heterocycles. The van der Waals surface area contributed by atoms with Crippen molar-refractivity contribution >= 4 is 5.91 Å². The summed E-state index contributed by atoms with van der Waals surface area (Å²) in [4.78, 5) is 14.9. The lowest BCUT2D eigenvalue weighted by molar-refractivity contribution is 0.0539. The molecule has 0 saturated carbocycles. The number of carbonyl (C=O) groups is 1. The largest absolute Gasteiger partial charge is 0.393 e. The third kappa shape index (κ3) is 4.06. The number of rotatable bonds is 5. The van der Waals surface area contributed by atoms with Crippen molar-refractivity contribution in [2.24, 2.45) is 0 Å². The second kappa shape index (κ2) is 8.23. The number of likely N-dealkylation sites (tertiary alicyclic amines) is 1. The third-order valence-corrected chi connectivity index (χ3v) is 5.64. The van der Waals surface area contributed by atoms with Gasteiger partial charge in [-0.3, -0.25) is 9.48 Å². The van der Waals surface area contributed by atoms with Gasteiger partial charge in [-0.15, -0.1) is 0 Å². The van der Waals surface area contributed by atoms with Crippen LogP contribution in [0, 0.1) is 0 Å². The number of aliphatic hydroxyl groups is 1. The van der Waals surface area contributed by atoms with Crippen LogP contribution in [-0.2, 0) is 25.9 Å². The maximum absolute atomic E-state index is 13.0. The van der Waals surface area contributed by atoms with Gasteiger partial charge in [0.25, 0.3) is 5.91 Å². The first-order chi connectivity index (χ1) is 13.2. The summed E-state index contributed by atoms with van der Waals surface area (Å²) in [7, 11) is 0. The van der Waals surface area contributed by atoms with E-state index in [2.05, 4.69) is 34.3 Å². The van der Waals surface area contributed by atoms with E-state index in [-0.39, 0.29) is 12.0 Å². The topological polar surface area (TPSA) is 70.4 Å². The van der Waals surface area contributed by atoms with Gasteiger partial charge in [-0.1, -0.05) is 30.3 Å². The van der Waals surface area contributed by atoms with Crippen LogP contribution < -0.4 is 5.32 Å². The summed E-state index contributed by atoms with van der Waals surface area (Å²) >= 11 is 0. The Hall–Kier alpha value is -2.18. The quantitative estimate of drug-likeness (QED) is 0.844. The molecule has 6 nitrogen and oxygen atoms in total. The fourth-order valence-electron chi connectivity index (χ4n) is 4.07. The molecule has 0 bridgehead atoms. The van der Waals surface area contributed by atoms with Gasteiger partial charge in [-0.2, -0.15) is 5.10 Å². The fourth-order valence-corrected chi connectivity index (χ4v) is 4.07. The van der Waals surface area contributed by atoms with E-state index in [1.54, 1.807) is 0 Å². The molecular weight excluding hydrogens is 340 g/mol. The molecule has 1 amide bonds. The van der Waals surface area contributed by atoms with Crippen molar-refractivity contribution in [3.8, 4) is 0 Å². The average Bonchev–Trinajstić information content (AvgIpc) is 3.08. The van der Waals surface area contributed by atoms with Crippen molar-refractivity contribution in [3.05, 3.63) is 52.8 Å². The Kier molecular flexibility index (Phi) is 5.55. The van der Waals surface area contributed by atoms with Gasteiger partial charge in [0.15, 0.2) is 5.69 Å². The Morgan fingerprint density at radius 2 is 2.00 bits per heavy atom. The summed E-state index contributed by atoms with van der Waals surface area (Å²) in [6.45, 7) is 3.71. The van der Waals surface area contributed by atoms with Crippen LogP contribution in [0.25, 0.3) is 0 Å². The molecule has 1 fully saturated rings. The minimum Gasteiger partial charge on any atom is -0.393 e. The molecule has 144 valence electrons. The van der Waals surface area contributed by atoms with Crippen LogP contribution in [0.1, 0.15) is 46.6 Å². The van der Waals surface area contributed by atoms with E-state index in [1.807, 2.05) is 11.0 Å². The fraction of sp³-hybridized carbons (Fsp3) is 0.524. The molecule has 6 heteroatoms. The van der Waals surface area contributed by atoms with Crippen LogP contribution in [-0.4, -0.2) is 51.4 Å². The molecule has 2 aromatic rings. The lowest BCUT2D eigenvalue weighted by atomic mass is 10.0. The standard InChI is InChI=1S/C21H28N4O2/c26-17-9-13-24(14-10-17)21(27)20-18-15-22-11-8-19(18)25(23-20)12-4-7-16-5-2-1-3-6-16/h1-3,5-6,17,22,26H,4,7-15H2. The number of piperidine rings is 1. The minimum absolute atomic E-state index is 0.0173. The summed E-state index contributed by atoms with van der Waals surface area (Å²) in [5.41, 5.74) is 4.22. The number of nitrogens with one attached hydrogen (secondary N) is 1. The molecule has 2 N–H and O–H groups in total. The first kappa shape index (κ1) is 18.2. The second-order valence-electron chi connectivity index (χ2n) is 7.54. The molecule has 0 spiro atoms. The van der Waals surface area contributed by atoms with Gasteiger partial charge in [0, 0.05) is 50.4 Å². The average molecular weight is 368 g/mol. The van der Waals surface area contributed by atoms with Crippen molar-refractivity contribution in [2.45, 2.75) is 51.3 Å². The normalized spacial score (nSPS) is 17.7. The van der Waals surface area contributed by atoms with E-state index < -0.39 is 0 Å². The number of fused-ring (bicyclic) bond motifs is 1. The van der Waals surface area contributed by atoms with Gasteiger partial charge >= 0.3 is 0 Å². The highest BCUT2D eigenvalue weighted by atomic mass is 16.3. The SMILES string of the molecule is O=C(c1nn(CCCc2ccccc2)c2c1CNCC2)N1CCC(O)CC1. The van der Waals surface area contributed by atoms with Crippen molar-refractivity contribution in [1.29, 1.82) is 0 Å². The highest BCUT2D eigenvalue weighted by Crippen LogP contribution is 2.22. The molecule has 0 radical (unpaired) electrons. The lowest BCUT2D eigenvalue weighted by Gasteiger charge is -2.29. The monoisotopic (exact) mass is 368 g/mol. The third-order valence-electron chi connectivity index (χ3n) is 5.64. The summed E-state index contributed by atoms with van der Waals surface area (Å²) < 4.78 is 2.06. The summed E-state index contributed by atoms with van der Waals surface area (Å²) in [5, 5.41) is 17.8. The molecule has 1 aromatic carbocycles. The van der Waals surface area contributed by atoms with Crippen LogP contribution in [0.3, 0.4) is 0 Å². The van der Waals surface area contributed by atoms with Gasteiger partial charge in [-0.25, -0.2) is 0 Å². The van der Waals surface area contributed by atoms with Gasteiger partial charge in [0.2, 0.25) is 0 Å². The molecule has 4 rings (SSSR count). The Balaban J connectivity index is 1.48. The molecule has 3 heterocycles. The van der Waals surface area contributed by atoms with Crippen molar-refractivity contribution < 1.29 is 9.90 Å². The van der Waals surface area contributed by atoms with Crippen LogP contribution >= 0.6 is 0 Å². The highest BCUT2D eigenvalue weighted by molar-refractivity contribution is 5.94. The highest BCUT2D eigenvalue weighted by Gasteiger charge is 2.29. The van der Waals surface area contributed by atoms with E-state index in [9.17, 15) is 9.90 Å². The molecular formula is C21H28N4O2. The van der Waals surface area contributed by atoms with Crippen molar-refractivity contribution in [3.63, 3.8) is 0 Å². The molecule has 0 atom stereocenters. The molecule has 2 aliphatic heterocycles. The van der Waals surface area contributed by atoms with Crippen molar-refractivity contribution in [2.75, 3.05) is 19.6 Å². The number of aliphatic hydroxyl groups excluding tert-OH is 1. The molecule has 27 heavy (non-hydrogen) atoms.